The molecule has 0 atom stereocenters. The Morgan fingerprint density at radius 3 is 1.47 bits per heavy atom. The lowest BCUT2D eigenvalue weighted by atomic mass is 9.92. The van der Waals surface area contributed by atoms with Crippen LogP contribution in [0.2, 0.25) is 0 Å². The Kier molecular flexibility index (Phi) is 6.18. The molecule has 3 heteroatoms. The number of nitrogens with zero attached hydrogens (tertiary/aromatic N) is 3. The van der Waals surface area contributed by atoms with Gasteiger partial charge in [-0.15, -0.1) is 0 Å². The second-order valence-electron chi connectivity index (χ2n) is 12.6. The Morgan fingerprint density at radius 2 is 0.816 bits per heavy atom. The lowest BCUT2D eigenvalue weighted by Gasteiger charge is -2.14. The van der Waals surface area contributed by atoms with Crippen LogP contribution in [0, 0.1) is 0 Å². The molecule has 0 aliphatic heterocycles. The molecule has 10 rings (SSSR count). The van der Waals surface area contributed by atoms with Crippen molar-refractivity contribution in [2.45, 2.75) is 0 Å². The molecule has 49 heavy (non-hydrogen) atoms. The van der Waals surface area contributed by atoms with Gasteiger partial charge < -0.3 is 4.57 Å². The maximum atomic E-state index is 5.14. The summed E-state index contributed by atoms with van der Waals surface area (Å²) in [4.78, 5) is 10.3. The number of fused-ring (bicyclic) bond motifs is 9. The lowest BCUT2D eigenvalue weighted by Crippen LogP contribution is -1.96. The van der Waals surface area contributed by atoms with Crippen LogP contribution in [-0.4, -0.2) is 14.5 Å². The van der Waals surface area contributed by atoms with E-state index in [1.54, 1.807) is 0 Å². The van der Waals surface area contributed by atoms with E-state index in [0.717, 1.165) is 33.8 Å². The third-order valence-corrected chi connectivity index (χ3v) is 9.77. The number of aromatic nitrogens is 3. The number of hydrogen-bond acceptors (Lipinski definition) is 2. The number of rotatable bonds is 4. The summed E-state index contributed by atoms with van der Waals surface area (Å²) in [5, 5.41) is 9.87. The molecular formula is C46H29N3. The second-order valence-corrected chi connectivity index (χ2v) is 12.6. The smallest absolute Gasteiger partial charge is 0.160 e. The van der Waals surface area contributed by atoms with Gasteiger partial charge in [-0.25, -0.2) is 9.97 Å². The van der Waals surface area contributed by atoms with Crippen molar-refractivity contribution >= 4 is 54.1 Å². The van der Waals surface area contributed by atoms with Crippen molar-refractivity contribution in [2.75, 3.05) is 0 Å². The van der Waals surface area contributed by atoms with Gasteiger partial charge in [-0.3, -0.25) is 0 Å². The summed E-state index contributed by atoms with van der Waals surface area (Å²) >= 11 is 0. The van der Waals surface area contributed by atoms with Crippen LogP contribution >= 0.6 is 0 Å². The summed E-state index contributed by atoms with van der Waals surface area (Å²) in [6, 6.07) is 62.6. The topological polar surface area (TPSA) is 30.7 Å². The average molecular weight is 624 g/mol. The molecule has 2 aromatic heterocycles. The minimum absolute atomic E-state index is 0.714. The van der Waals surface area contributed by atoms with Gasteiger partial charge >= 0.3 is 0 Å². The van der Waals surface area contributed by atoms with E-state index in [4.69, 9.17) is 9.97 Å². The molecule has 8 aromatic carbocycles. The molecule has 10 aromatic rings. The Hall–Kier alpha value is -6.58. The van der Waals surface area contributed by atoms with Crippen LogP contribution < -0.4 is 0 Å². The summed E-state index contributed by atoms with van der Waals surface area (Å²) in [7, 11) is 0. The molecule has 0 aliphatic rings. The molecule has 228 valence electrons. The van der Waals surface area contributed by atoms with Crippen LogP contribution in [0.1, 0.15) is 0 Å². The first kappa shape index (κ1) is 27.5. The Morgan fingerprint density at radius 1 is 0.306 bits per heavy atom. The van der Waals surface area contributed by atoms with E-state index in [1.807, 2.05) is 12.1 Å². The van der Waals surface area contributed by atoms with Gasteiger partial charge in [-0.05, 0) is 74.8 Å². The molecule has 0 unspecified atom stereocenters. The molecule has 0 saturated carbocycles. The summed E-state index contributed by atoms with van der Waals surface area (Å²) in [6.45, 7) is 0. The van der Waals surface area contributed by atoms with Gasteiger partial charge in [0.25, 0.3) is 0 Å². The summed E-state index contributed by atoms with van der Waals surface area (Å²) in [5.41, 5.74) is 8.51. The highest BCUT2D eigenvalue weighted by Crippen LogP contribution is 2.42. The van der Waals surface area contributed by atoms with Gasteiger partial charge in [0.05, 0.1) is 22.4 Å². The highest BCUT2D eigenvalue weighted by Gasteiger charge is 2.18. The van der Waals surface area contributed by atoms with E-state index in [-0.39, 0.29) is 0 Å². The van der Waals surface area contributed by atoms with Crippen molar-refractivity contribution in [3.05, 3.63) is 176 Å². The van der Waals surface area contributed by atoms with E-state index in [2.05, 4.69) is 168 Å². The predicted octanol–water partition coefficient (Wildman–Crippen LogP) is 12.0. The monoisotopic (exact) mass is 623 g/mol. The minimum atomic E-state index is 0.714. The van der Waals surface area contributed by atoms with Gasteiger partial charge in [0.15, 0.2) is 5.82 Å². The molecule has 0 spiro atoms. The largest absolute Gasteiger partial charge is 0.309 e. The minimum Gasteiger partial charge on any atom is -0.309 e. The van der Waals surface area contributed by atoms with Crippen molar-refractivity contribution in [3.8, 4) is 39.6 Å². The van der Waals surface area contributed by atoms with Gasteiger partial charge in [-0.1, -0.05) is 133 Å². The van der Waals surface area contributed by atoms with Crippen molar-refractivity contribution in [3.63, 3.8) is 0 Å². The van der Waals surface area contributed by atoms with E-state index < -0.39 is 0 Å². The summed E-state index contributed by atoms with van der Waals surface area (Å²) in [6.07, 6.45) is 0. The predicted molar refractivity (Wildman–Crippen MR) is 205 cm³/mol. The fraction of sp³-hybridized carbons (Fsp3) is 0. The molecule has 0 N–H and O–H groups in total. The molecule has 0 amide bonds. The van der Waals surface area contributed by atoms with E-state index >= 15 is 0 Å². The van der Waals surface area contributed by atoms with Crippen LogP contribution in [-0.2, 0) is 0 Å². The van der Waals surface area contributed by atoms with E-state index in [9.17, 15) is 0 Å². The number of benzene rings is 8. The van der Waals surface area contributed by atoms with Crippen molar-refractivity contribution < 1.29 is 0 Å². The summed E-state index contributed by atoms with van der Waals surface area (Å²) in [5.74, 6) is 0.714. The van der Waals surface area contributed by atoms with Gasteiger partial charge in [0.1, 0.15) is 0 Å². The molecule has 0 bridgehead atoms. The Balaban J connectivity index is 1.26. The van der Waals surface area contributed by atoms with Crippen molar-refractivity contribution in [2.24, 2.45) is 0 Å². The fourth-order valence-corrected chi connectivity index (χ4v) is 7.50. The third-order valence-electron chi connectivity index (χ3n) is 9.77. The molecule has 0 saturated heterocycles. The van der Waals surface area contributed by atoms with Gasteiger partial charge in [0.2, 0.25) is 0 Å². The molecular weight excluding hydrogens is 595 g/mol. The summed E-state index contributed by atoms with van der Waals surface area (Å²) < 4.78 is 2.40. The van der Waals surface area contributed by atoms with Crippen molar-refractivity contribution in [1.82, 2.24) is 14.5 Å². The molecule has 2 heterocycles. The van der Waals surface area contributed by atoms with Crippen LogP contribution in [0.15, 0.2) is 176 Å². The fourth-order valence-electron chi connectivity index (χ4n) is 7.50. The zero-order valence-corrected chi connectivity index (χ0v) is 26.6. The molecule has 3 nitrogen and oxygen atoms in total. The zero-order valence-electron chi connectivity index (χ0n) is 26.6. The van der Waals surface area contributed by atoms with Gasteiger partial charge in [-0.2, -0.15) is 0 Å². The first-order chi connectivity index (χ1) is 24.3. The first-order valence-corrected chi connectivity index (χ1v) is 16.7. The average Bonchev–Trinajstić information content (AvgIpc) is 3.51. The first-order valence-electron chi connectivity index (χ1n) is 16.7. The van der Waals surface area contributed by atoms with Crippen LogP contribution in [0.4, 0.5) is 0 Å². The number of hydrogen-bond donors (Lipinski definition) is 0. The Labute approximate surface area is 283 Å². The lowest BCUT2D eigenvalue weighted by molar-refractivity contribution is 1.18. The molecule has 0 aliphatic carbocycles. The maximum absolute atomic E-state index is 5.14. The highest BCUT2D eigenvalue weighted by atomic mass is 15.0. The van der Waals surface area contributed by atoms with Crippen LogP contribution in [0.3, 0.4) is 0 Å². The normalized spacial score (nSPS) is 11.7. The maximum Gasteiger partial charge on any atom is 0.160 e. The SMILES string of the molecule is c1ccc(-c2cc(-c3ccccc3)nc(-c3ccc4c(c3)c3ccccc3c3cc5c6ccccc6n(-c6ccccc6)c5cc43)n2)cc1. The molecule has 0 radical (unpaired) electrons. The zero-order chi connectivity index (χ0) is 32.3. The van der Waals surface area contributed by atoms with Crippen molar-refractivity contribution in [1.29, 1.82) is 0 Å². The van der Waals surface area contributed by atoms with Crippen LogP contribution in [0.5, 0.6) is 0 Å². The van der Waals surface area contributed by atoms with Gasteiger partial charge in [0, 0.05) is 33.2 Å². The standard InChI is InChI=1S/C46H29N3/c1-4-14-30(15-5-1)42-29-43(31-16-6-2-7-17-31)48-46(47-42)32-24-25-36-38(26-32)34-20-10-11-21-35(34)39-27-41-37-22-12-13-23-44(37)49(45(41)28-40(36)39)33-18-8-3-9-19-33/h1-29H. The quantitative estimate of drug-likeness (QED) is 0.183. The highest BCUT2D eigenvalue weighted by molar-refractivity contribution is 6.29. The van der Waals surface area contributed by atoms with E-state index in [1.165, 1.54) is 54.1 Å². The molecule has 0 fully saturated rings. The van der Waals surface area contributed by atoms with E-state index in [0.29, 0.717) is 5.82 Å². The number of para-hydroxylation sites is 2. The third kappa shape index (κ3) is 4.44. The van der Waals surface area contributed by atoms with Crippen LogP contribution in [0.25, 0.3) is 93.7 Å². The Bertz CT molecular complexity index is 2800. The second kappa shape index (κ2) is 11.0.